The van der Waals surface area contributed by atoms with E-state index < -0.39 is 0 Å². The van der Waals surface area contributed by atoms with Crippen LogP contribution in [0.1, 0.15) is 49.2 Å². The number of nitrogens with zero attached hydrogens (tertiary/aromatic N) is 4. The van der Waals surface area contributed by atoms with Gasteiger partial charge in [-0.1, -0.05) is 6.42 Å². The molecule has 0 N–H and O–H groups in total. The van der Waals surface area contributed by atoms with E-state index in [1.807, 2.05) is 12.3 Å². The van der Waals surface area contributed by atoms with E-state index in [-0.39, 0.29) is 0 Å². The van der Waals surface area contributed by atoms with Gasteiger partial charge in [0.2, 0.25) is 0 Å². The summed E-state index contributed by atoms with van der Waals surface area (Å²) in [6.07, 6.45) is 8.29. The van der Waals surface area contributed by atoms with Gasteiger partial charge in [0, 0.05) is 12.2 Å². The Morgan fingerprint density at radius 3 is 2.82 bits per heavy atom. The van der Waals surface area contributed by atoms with Crippen LogP contribution in [0.3, 0.4) is 0 Å². The van der Waals surface area contributed by atoms with Crippen molar-refractivity contribution in [2.24, 2.45) is 0 Å². The van der Waals surface area contributed by atoms with Crippen molar-refractivity contribution in [3.63, 3.8) is 0 Å². The van der Waals surface area contributed by atoms with Crippen molar-refractivity contribution >= 4 is 22.9 Å². The van der Waals surface area contributed by atoms with Crippen molar-refractivity contribution in [1.82, 2.24) is 19.4 Å². The normalized spacial score (nSPS) is 24.9. The van der Waals surface area contributed by atoms with Gasteiger partial charge in [-0.15, -0.1) is 0 Å². The topological polar surface area (TPSA) is 34.0 Å². The highest BCUT2D eigenvalue weighted by molar-refractivity contribution is 7.99. The Kier molecular flexibility index (Phi) is 4.09. The molecule has 0 saturated carbocycles. The summed E-state index contributed by atoms with van der Waals surface area (Å²) < 4.78 is 2.49. The number of rotatable bonds is 2. The van der Waals surface area contributed by atoms with Crippen LogP contribution in [0.5, 0.6) is 0 Å². The number of hydrogen-bond donors (Lipinski definition) is 0. The van der Waals surface area contributed by atoms with Gasteiger partial charge in [0.05, 0.1) is 5.25 Å². The second-order valence-corrected chi connectivity index (χ2v) is 7.89. The van der Waals surface area contributed by atoms with Crippen molar-refractivity contribution in [3.05, 3.63) is 24.2 Å². The van der Waals surface area contributed by atoms with E-state index in [0.717, 1.165) is 11.2 Å². The van der Waals surface area contributed by atoms with E-state index in [1.54, 1.807) is 0 Å². The molecule has 0 amide bonds. The van der Waals surface area contributed by atoms with Crippen LogP contribution in [-0.2, 0) is 0 Å². The number of piperidine rings is 1. The summed E-state index contributed by atoms with van der Waals surface area (Å²) in [7, 11) is 2.22. The number of pyridine rings is 1. The zero-order chi connectivity index (χ0) is 14.9. The molecule has 2 saturated heterocycles. The van der Waals surface area contributed by atoms with Gasteiger partial charge in [-0.05, 0) is 63.7 Å². The maximum atomic E-state index is 5.00. The SMILES string of the molecule is CN1CCC(n2c(C3CCCCS3)nc3cccnc32)CC1. The highest BCUT2D eigenvalue weighted by Gasteiger charge is 2.28. The fourth-order valence-electron chi connectivity index (χ4n) is 3.73. The first-order valence-corrected chi connectivity index (χ1v) is 9.51. The van der Waals surface area contributed by atoms with Crippen LogP contribution in [-0.4, -0.2) is 45.3 Å². The van der Waals surface area contributed by atoms with Crippen LogP contribution in [0.2, 0.25) is 0 Å². The van der Waals surface area contributed by atoms with Gasteiger partial charge in [0.15, 0.2) is 5.65 Å². The second kappa shape index (κ2) is 6.20. The largest absolute Gasteiger partial charge is 0.309 e. The molecule has 0 spiro atoms. The lowest BCUT2D eigenvalue weighted by Crippen LogP contribution is -2.32. The Labute approximate surface area is 136 Å². The van der Waals surface area contributed by atoms with E-state index in [0.29, 0.717) is 11.3 Å². The fraction of sp³-hybridized carbons (Fsp3) is 0.647. The Balaban J connectivity index is 1.76. The number of fused-ring (bicyclic) bond motifs is 1. The van der Waals surface area contributed by atoms with Gasteiger partial charge in [-0.25, -0.2) is 9.97 Å². The maximum Gasteiger partial charge on any atom is 0.160 e. The van der Waals surface area contributed by atoms with Gasteiger partial charge < -0.3 is 9.47 Å². The summed E-state index contributed by atoms with van der Waals surface area (Å²) in [5.41, 5.74) is 2.17. The van der Waals surface area contributed by atoms with Crippen LogP contribution in [0, 0.1) is 0 Å². The average Bonchev–Trinajstić information content (AvgIpc) is 2.96. The summed E-state index contributed by atoms with van der Waals surface area (Å²) in [5, 5.41) is 0.558. The molecule has 4 nitrogen and oxygen atoms in total. The molecule has 4 heterocycles. The summed E-state index contributed by atoms with van der Waals surface area (Å²) in [6.45, 7) is 2.35. The van der Waals surface area contributed by atoms with Crippen molar-refractivity contribution < 1.29 is 0 Å². The number of hydrogen-bond acceptors (Lipinski definition) is 4. The van der Waals surface area contributed by atoms with Gasteiger partial charge >= 0.3 is 0 Å². The molecule has 2 aliphatic rings. The third-order valence-electron chi connectivity index (χ3n) is 5.00. The first-order chi connectivity index (χ1) is 10.8. The lowest BCUT2D eigenvalue weighted by molar-refractivity contribution is 0.220. The highest BCUT2D eigenvalue weighted by Crippen LogP contribution is 2.40. The Hall–Kier alpha value is -1.07. The Morgan fingerprint density at radius 1 is 1.18 bits per heavy atom. The monoisotopic (exact) mass is 316 g/mol. The average molecular weight is 316 g/mol. The van der Waals surface area contributed by atoms with E-state index in [9.17, 15) is 0 Å². The van der Waals surface area contributed by atoms with Crippen LogP contribution in [0.25, 0.3) is 11.2 Å². The molecular weight excluding hydrogens is 292 g/mol. The van der Waals surface area contributed by atoms with Crippen LogP contribution < -0.4 is 0 Å². The van der Waals surface area contributed by atoms with Gasteiger partial charge in [0.1, 0.15) is 11.3 Å². The quantitative estimate of drug-likeness (QED) is 0.847. The fourth-order valence-corrected chi connectivity index (χ4v) is 5.04. The predicted octanol–water partition coefficient (Wildman–Crippen LogP) is 3.66. The number of imidazole rings is 1. The zero-order valence-corrected chi connectivity index (χ0v) is 14.1. The molecule has 22 heavy (non-hydrogen) atoms. The zero-order valence-electron chi connectivity index (χ0n) is 13.2. The third kappa shape index (κ3) is 2.65. The van der Waals surface area contributed by atoms with E-state index in [2.05, 4.69) is 39.3 Å². The third-order valence-corrected chi connectivity index (χ3v) is 6.37. The van der Waals surface area contributed by atoms with Crippen molar-refractivity contribution in [2.45, 2.75) is 43.4 Å². The molecule has 0 bridgehead atoms. The van der Waals surface area contributed by atoms with Crippen molar-refractivity contribution in [2.75, 3.05) is 25.9 Å². The van der Waals surface area contributed by atoms with Crippen LogP contribution in [0.15, 0.2) is 18.3 Å². The van der Waals surface area contributed by atoms with Gasteiger partial charge in [0.25, 0.3) is 0 Å². The molecule has 0 radical (unpaired) electrons. The van der Waals surface area contributed by atoms with Crippen molar-refractivity contribution in [1.29, 1.82) is 0 Å². The first-order valence-electron chi connectivity index (χ1n) is 8.46. The standard InChI is InChI=1S/C17H24N4S/c1-20-10-7-13(8-11-20)21-16-14(5-4-9-18-16)19-17(21)15-6-2-3-12-22-15/h4-5,9,13,15H,2-3,6-8,10-12H2,1H3. The summed E-state index contributed by atoms with van der Waals surface area (Å²) in [4.78, 5) is 12.1. The number of thioether (sulfide) groups is 1. The molecule has 118 valence electrons. The molecule has 2 aromatic heterocycles. The molecule has 0 aliphatic carbocycles. The lowest BCUT2D eigenvalue weighted by Gasteiger charge is -2.32. The highest BCUT2D eigenvalue weighted by atomic mass is 32.2. The summed E-state index contributed by atoms with van der Waals surface area (Å²) >= 11 is 2.09. The molecule has 2 aromatic rings. The second-order valence-electron chi connectivity index (χ2n) is 6.58. The van der Waals surface area contributed by atoms with Gasteiger partial charge in [-0.3, -0.25) is 0 Å². The molecule has 4 rings (SSSR count). The minimum absolute atomic E-state index is 0.558. The first kappa shape index (κ1) is 14.5. The molecule has 2 fully saturated rings. The molecule has 2 aliphatic heterocycles. The summed E-state index contributed by atoms with van der Waals surface area (Å²) in [5.74, 6) is 2.56. The van der Waals surface area contributed by atoms with E-state index in [1.165, 1.54) is 56.8 Å². The molecule has 1 unspecified atom stereocenters. The summed E-state index contributed by atoms with van der Waals surface area (Å²) in [6, 6.07) is 4.69. The number of likely N-dealkylation sites (tertiary alicyclic amines) is 1. The predicted molar refractivity (Wildman–Crippen MR) is 92.3 cm³/mol. The molecular formula is C17H24N4S. The minimum atomic E-state index is 0.558. The minimum Gasteiger partial charge on any atom is -0.309 e. The van der Waals surface area contributed by atoms with Gasteiger partial charge in [-0.2, -0.15) is 11.8 Å². The van der Waals surface area contributed by atoms with E-state index in [4.69, 9.17) is 4.98 Å². The van der Waals surface area contributed by atoms with Crippen molar-refractivity contribution in [3.8, 4) is 0 Å². The smallest absolute Gasteiger partial charge is 0.160 e. The molecule has 1 atom stereocenters. The van der Waals surface area contributed by atoms with E-state index >= 15 is 0 Å². The van der Waals surface area contributed by atoms with Crippen LogP contribution in [0.4, 0.5) is 0 Å². The Bertz CT molecular complexity index is 639. The van der Waals surface area contributed by atoms with Crippen LogP contribution >= 0.6 is 11.8 Å². The number of aromatic nitrogens is 3. The molecule has 5 heteroatoms. The maximum absolute atomic E-state index is 5.00. The molecule has 0 aromatic carbocycles. The Morgan fingerprint density at radius 2 is 2.05 bits per heavy atom. The lowest BCUT2D eigenvalue weighted by atomic mass is 10.0.